The number of primary sulfonamides is 1. The van der Waals surface area contributed by atoms with Crippen LogP contribution in [0.15, 0.2) is 24.3 Å². The molecule has 0 unspecified atom stereocenters. The monoisotopic (exact) mass is 314 g/mol. The first-order chi connectivity index (χ1) is 10.0. The molecule has 1 aromatic rings. The van der Waals surface area contributed by atoms with Crippen molar-refractivity contribution in [2.24, 2.45) is 5.14 Å². The Labute approximate surface area is 127 Å². The van der Waals surface area contributed by atoms with E-state index in [1.54, 1.807) is 0 Å². The lowest BCUT2D eigenvalue weighted by Gasteiger charge is -2.08. The SMILES string of the molecule is CCCCCOc1ccc(CNCCCS(N)(=O)=O)cc1. The van der Waals surface area contributed by atoms with Gasteiger partial charge in [-0.3, -0.25) is 0 Å². The number of nitrogens with one attached hydrogen (secondary N) is 1. The van der Waals surface area contributed by atoms with Crippen molar-refractivity contribution in [3.8, 4) is 5.75 Å². The van der Waals surface area contributed by atoms with Crippen LogP contribution >= 0.6 is 0 Å². The summed E-state index contributed by atoms with van der Waals surface area (Å²) in [6.45, 7) is 4.27. The van der Waals surface area contributed by atoms with Gasteiger partial charge in [-0.15, -0.1) is 0 Å². The molecule has 5 nitrogen and oxygen atoms in total. The highest BCUT2D eigenvalue weighted by Crippen LogP contribution is 2.12. The smallest absolute Gasteiger partial charge is 0.209 e. The van der Waals surface area contributed by atoms with Gasteiger partial charge in [0, 0.05) is 6.54 Å². The highest BCUT2D eigenvalue weighted by atomic mass is 32.2. The Morgan fingerprint density at radius 2 is 1.86 bits per heavy atom. The van der Waals surface area contributed by atoms with E-state index in [0.717, 1.165) is 24.3 Å². The first-order valence-corrected chi connectivity index (χ1v) is 9.16. The topological polar surface area (TPSA) is 81.4 Å². The van der Waals surface area contributed by atoms with E-state index in [0.29, 0.717) is 19.5 Å². The highest BCUT2D eigenvalue weighted by molar-refractivity contribution is 7.89. The molecule has 1 rings (SSSR count). The molecule has 0 aliphatic heterocycles. The fraction of sp³-hybridized carbons (Fsp3) is 0.600. The van der Waals surface area contributed by atoms with E-state index in [4.69, 9.17) is 9.88 Å². The Morgan fingerprint density at radius 3 is 2.48 bits per heavy atom. The van der Waals surface area contributed by atoms with Crippen molar-refractivity contribution in [3.63, 3.8) is 0 Å². The number of hydrogen-bond donors (Lipinski definition) is 2. The van der Waals surface area contributed by atoms with Crippen LogP contribution in [0.2, 0.25) is 0 Å². The lowest BCUT2D eigenvalue weighted by Crippen LogP contribution is -2.22. The van der Waals surface area contributed by atoms with Crippen molar-refractivity contribution in [2.45, 2.75) is 39.2 Å². The Hall–Kier alpha value is -1.11. The van der Waals surface area contributed by atoms with E-state index in [9.17, 15) is 8.42 Å². The summed E-state index contributed by atoms with van der Waals surface area (Å²) in [5.74, 6) is 0.911. The van der Waals surface area contributed by atoms with Gasteiger partial charge in [0.25, 0.3) is 0 Å². The van der Waals surface area contributed by atoms with Crippen LogP contribution in [0.4, 0.5) is 0 Å². The summed E-state index contributed by atoms with van der Waals surface area (Å²) >= 11 is 0. The van der Waals surface area contributed by atoms with Crippen molar-refractivity contribution in [3.05, 3.63) is 29.8 Å². The first kappa shape index (κ1) is 17.9. The van der Waals surface area contributed by atoms with Gasteiger partial charge >= 0.3 is 0 Å². The summed E-state index contributed by atoms with van der Waals surface area (Å²) in [4.78, 5) is 0. The largest absolute Gasteiger partial charge is 0.494 e. The van der Waals surface area contributed by atoms with E-state index < -0.39 is 10.0 Å². The minimum absolute atomic E-state index is 0.0184. The van der Waals surface area contributed by atoms with Gasteiger partial charge in [-0.25, -0.2) is 13.6 Å². The van der Waals surface area contributed by atoms with Gasteiger partial charge in [0.2, 0.25) is 10.0 Å². The van der Waals surface area contributed by atoms with Crippen LogP contribution in [0.1, 0.15) is 38.2 Å². The number of hydrogen-bond acceptors (Lipinski definition) is 4. The average Bonchev–Trinajstić information content (AvgIpc) is 2.43. The van der Waals surface area contributed by atoms with E-state index in [2.05, 4.69) is 12.2 Å². The number of rotatable bonds is 11. The Balaban J connectivity index is 2.19. The summed E-state index contributed by atoms with van der Waals surface area (Å²) < 4.78 is 27.2. The predicted molar refractivity (Wildman–Crippen MR) is 85.8 cm³/mol. The van der Waals surface area contributed by atoms with Crippen LogP contribution < -0.4 is 15.2 Å². The van der Waals surface area contributed by atoms with Gasteiger partial charge in [-0.2, -0.15) is 0 Å². The lowest BCUT2D eigenvalue weighted by atomic mass is 10.2. The average molecular weight is 314 g/mol. The molecule has 0 saturated heterocycles. The summed E-state index contributed by atoms with van der Waals surface area (Å²) in [5, 5.41) is 8.13. The van der Waals surface area contributed by atoms with Crippen LogP contribution in [-0.2, 0) is 16.6 Å². The maximum Gasteiger partial charge on any atom is 0.209 e. The van der Waals surface area contributed by atoms with Gasteiger partial charge in [-0.05, 0) is 37.1 Å². The Kier molecular flexibility index (Phi) is 8.34. The molecule has 0 radical (unpaired) electrons. The zero-order chi connectivity index (χ0) is 15.6. The van der Waals surface area contributed by atoms with Gasteiger partial charge in [0.15, 0.2) is 0 Å². The van der Waals surface area contributed by atoms with Crippen LogP contribution in [-0.4, -0.2) is 27.3 Å². The predicted octanol–water partition coefficient (Wildman–Crippen LogP) is 2.02. The maximum absolute atomic E-state index is 10.8. The molecule has 0 heterocycles. The summed E-state index contributed by atoms with van der Waals surface area (Å²) in [6, 6.07) is 7.96. The molecule has 0 amide bonds. The van der Waals surface area contributed by atoms with E-state index >= 15 is 0 Å². The van der Waals surface area contributed by atoms with Gasteiger partial charge in [0.05, 0.1) is 12.4 Å². The zero-order valence-electron chi connectivity index (χ0n) is 12.7. The van der Waals surface area contributed by atoms with Gasteiger partial charge < -0.3 is 10.1 Å². The molecule has 0 fully saturated rings. The summed E-state index contributed by atoms with van der Waals surface area (Å²) in [6.07, 6.45) is 4.00. The van der Waals surface area contributed by atoms with Crippen molar-refractivity contribution < 1.29 is 13.2 Å². The number of sulfonamides is 1. The minimum Gasteiger partial charge on any atom is -0.494 e. The molecule has 0 saturated carbocycles. The number of ether oxygens (including phenoxy) is 1. The summed E-state index contributed by atoms with van der Waals surface area (Å²) in [5.41, 5.74) is 1.14. The van der Waals surface area contributed by atoms with Crippen LogP contribution in [0, 0.1) is 0 Å². The molecule has 0 aliphatic rings. The fourth-order valence-corrected chi connectivity index (χ4v) is 2.42. The second-order valence-electron chi connectivity index (χ2n) is 5.10. The molecule has 0 aromatic heterocycles. The molecule has 21 heavy (non-hydrogen) atoms. The maximum atomic E-state index is 10.8. The minimum atomic E-state index is -3.34. The third-order valence-electron chi connectivity index (χ3n) is 3.05. The van der Waals surface area contributed by atoms with Gasteiger partial charge in [-0.1, -0.05) is 31.9 Å². The molecule has 3 N–H and O–H groups in total. The molecule has 0 spiro atoms. The van der Waals surface area contributed by atoms with E-state index in [-0.39, 0.29) is 5.75 Å². The molecule has 6 heteroatoms. The molecular weight excluding hydrogens is 288 g/mol. The second-order valence-corrected chi connectivity index (χ2v) is 6.83. The van der Waals surface area contributed by atoms with Crippen molar-refractivity contribution in [2.75, 3.05) is 18.9 Å². The first-order valence-electron chi connectivity index (χ1n) is 7.44. The molecule has 0 bridgehead atoms. The summed E-state index contributed by atoms with van der Waals surface area (Å²) in [7, 11) is -3.34. The molecule has 0 aliphatic carbocycles. The molecule has 120 valence electrons. The number of unbranched alkanes of at least 4 members (excludes halogenated alkanes) is 2. The van der Waals surface area contributed by atoms with E-state index in [1.165, 1.54) is 12.8 Å². The fourth-order valence-electron chi connectivity index (χ4n) is 1.88. The Bertz CT molecular complexity index is 486. The normalized spacial score (nSPS) is 11.5. The highest BCUT2D eigenvalue weighted by Gasteiger charge is 2.01. The van der Waals surface area contributed by atoms with Crippen molar-refractivity contribution >= 4 is 10.0 Å². The van der Waals surface area contributed by atoms with Crippen LogP contribution in [0.5, 0.6) is 5.75 Å². The van der Waals surface area contributed by atoms with Crippen LogP contribution in [0.25, 0.3) is 0 Å². The molecular formula is C15H26N2O3S. The molecule has 0 atom stereocenters. The third kappa shape index (κ3) is 9.44. The van der Waals surface area contributed by atoms with Gasteiger partial charge in [0.1, 0.15) is 5.75 Å². The van der Waals surface area contributed by atoms with Crippen molar-refractivity contribution in [1.29, 1.82) is 0 Å². The lowest BCUT2D eigenvalue weighted by molar-refractivity contribution is 0.306. The number of benzene rings is 1. The number of nitrogens with two attached hydrogens (primary N) is 1. The quantitative estimate of drug-likeness (QED) is 0.612. The zero-order valence-corrected chi connectivity index (χ0v) is 13.5. The Morgan fingerprint density at radius 1 is 1.14 bits per heavy atom. The van der Waals surface area contributed by atoms with E-state index in [1.807, 2.05) is 24.3 Å². The molecule has 1 aromatic carbocycles. The second kappa shape index (κ2) is 9.76. The van der Waals surface area contributed by atoms with Crippen molar-refractivity contribution in [1.82, 2.24) is 5.32 Å². The van der Waals surface area contributed by atoms with Crippen LogP contribution in [0.3, 0.4) is 0 Å². The standard InChI is InChI=1S/C15H26N2O3S/c1-2-3-4-11-20-15-8-6-14(7-9-15)13-17-10-5-12-21(16,18)19/h6-9,17H,2-5,10-13H2,1H3,(H2,16,18,19). The third-order valence-corrected chi connectivity index (χ3v) is 3.91.